The average Bonchev–Trinajstić information content (AvgIpc) is 2.41. The Hall–Kier alpha value is -0.540. The number of hydrogen-bond acceptors (Lipinski definition) is 1. The van der Waals surface area contributed by atoms with Crippen molar-refractivity contribution >= 4 is 33.4 Å². The van der Waals surface area contributed by atoms with E-state index in [1.165, 1.54) is 0 Å². The van der Waals surface area contributed by atoms with Crippen LogP contribution in [0.1, 0.15) is 42.6 Å². The molecule has 0 bridgehead atoms. The van der Waals surface area contributed by atoms with E-state index in [0.717, 1.165) is 23.7 Å². The van der Waals surface area contributed by atoms with Gasteiger partial charge in [0.1, 0.15) is 0 Å². The molecule has 0 aromatic heterocycles. The topological polar surface area (TPSA) is 20.3 Å². The van der Waals surface area contributed by atoms with Crippen LogP contribution in [0.4, 0.5) is 0 Å². The number of benzene rings is 1. The van der Waals surface area contributed by atoms with Crippen molar-refractivity contribution in [2.75, 3.05) is 11.9 Å². The molecule has 0 saturated heterocycles. The lowest BCUT2D eigenvalue weighted by Gasteiger charge is -2.30. The molecule has 1 rings (SSSR count). The number of carbonyl (C=O) groups is 1. The summed E-state index contributed by atoms with van der Waals surface area (Å²) in [6, 6.07) is 5.88. The number of halogens is 2. The van der Waals surface area contributed by atoms with Crippen LogP contribution in [0, 0.1) is 6.92 Å². The Bertz CT molecular complexity index is 432. The van der Waals surface area contributed by atoms with E-state index < -0.39 is 0 Å². The summed E-state index contributed by atoms with van der Waals surface area (Å²) in [6.07, 6.45) is 1.91. The molecule has 1 amide bonds. The van der Waals surface area contributed by atoms with Crippen molar-refractivity contribution < 1.29 is 4.79 Å². The van der Waals surface area contributed by atoms with Gasteiger partial charge in [0.05, 0.1) is 10.6 Å². The third kappa shape index (κ3) is 3.96. The van der Waals surface area contributed by atoms with Crippen LogP contribution in [-0.4, -0.2) is 28.7 Å². The summed E-state index contributed by atoms with van der Waals surface area (Å²) in [7, 11) is 0. The first-order chi connectivity index (χ1) is 9.06. The van der Waals surface area contributed by atoms with Gasteiger partial charge in [-0.05, 0) is 31.4 Å². The molecule has 4 heteroatoms. The third-order valence-electron chi connectivity index (χ3n) is 3.39. The molecule has 0 saturated carbocycles. The molecular formula is C15H21BrClNO. The molecule has 0 atom stereocenters. The Balaban J connectivity index is 3.08. The average molecular weight is 347 g/mol. The van der Waals surface area contributed by atoms with Gasteiger partial charge in [-0.2, -0.15) is 0 Å². The van der Waals surface area contributed by atoms with Crippen LogP contribution in [0.25, 0.3) is 0 Å². The molecule has 19 heavy (non-hydrogen) atoms. The van der Waals surface area contributed by atoms with Gasteiger partial charge >= 0.3 is 0 Å². The molecule has 106 valence electrons. The number of alkyl halides is 1. The molecule has 2 nitrogen and oxygen atoms in total. The van der Waals surface area contributed by atoms with Crippen LogP contribution in [0.3, 0.4) is 0 Å². The zero-order valence-corrected chi connectivity index (χ0v) is 14.1. The normalized spacial score (nSPS) is 10.8. The molecule has 0 N–H and O–H groups in total. The smallest absolute Gasteiger partial charge is 0.255 e. The van der Waals surface area contributed by atoms with Gasteiger partial charge in [0.25, 0.3) is 5.91 Å². The molecule has 0 spiro atoms. The van der Waals surface area contributed by atoms with Crippen LogP contribution in [0.2, 0.25) is 5.02 Å². The lowest BCUT2D eigenvalue weighted by molar-refractivity contribution is 0.0683. The van der Waals surface area contributed by atoms with Gasteiger partial charge in [0.15, 0.2) is 0 Å². The van der Waals surface area contributed by atoms with Crippen molar-refractivity contribution in [1.29, 1.82) is 0 Å². The molecular weight excluding hydrogens is 326 g/mol. The van der Waals surface area contributed by atoms with Crippen LogP contribution >= 0.6 is 27.5 Å². The number of carbonyl (C=O) groups excluding carboxylic acids is 1. The second kappa shape index (κ2) is 7.91. The second-order valence-electron chi connectivity index (χ2n) is 4.59. The van der Waals surface area contributed by atoms with Gasteiger partial charge in [-0.1, -0.05) is 53.5 Å². The lowest BCUT2D eigenvalue weighted by Crippen LogP contribution is -2.41. The van der Waals surface area contributed by atoms with Crippen molar-refractivity contribution in [3.63, 3.8) is 0 Å². The van der Waals surface area contributed by atoms with Crippen molar-refractivity contribution in [1.82, 2.24) is 4.90 Å². The number of hydrogen-bond donors (Lipinski definition) is 0. The minimum atomic E-state index is 0.0295. The predicted molar refractivity (Wildman–Crippen MR) is 85.4 cm³/mol. The van der Waals surface area contributed by atoms with E-state index in [4.69, 9.17) is 11.6 Å². The summed E-state index contributed by atoms with van der Waals surface area (Å²) in [5.41, 5.74) is 1.55. The summed E-state index contributed by atoms with van der Waals surface area (Å²) in [5.74, 6) is 0.0295. The Kier molecular flexibility index (Phi) is 6.87. The molecule has 1 aromatic rings. The Morgan fingerprint density at radius 1 is 1.37 bits per heavy atom. The van der Waals surface area contributed by atoms with Crippen LogP contribution in [0.5, 0.6) is 0 Å². The number of aryl methyl sites for hydroxylation is 1. The third-order valence-corrected chi connectivity index (χ3v) is 4.25. The Morgan fingerprint density at radius 2 is 2.00 bits per heavy atom. The first-order valence-corrected chi connectivity index (χ1v) is 8.18. The lowest BCUT2D eigenvalue weighted by atomic mass is 10.1. The maximum absolute atomic E-state index is 12.7. The molecule has 0 aliphatic carbocycles. The van der Waals surface area contributed by atoms with E-state index in [-0.39, 0.29) is 11.9 Å². The largest absolute Gasteiger partial charge is 0.335 e. The molecule has 1 aromatic carbocycles. The highest BCUT2D eigenvalue weighted by Gasteiger charge is 2.23. The van der Waals surface area contributed by atoms with Gasteiger partial charge in [-0.15, -0.1) is 0 Å². The van der Waals surface area contributed by atoms with E-state index >= 15 is 0 Å². The summed E-state index contributed by atoms with van der Waals surface area (Å²) in [4.78, 5) is 14.6. The minimum Gasteiger partial charge on any atom is -0.335 e. The predicted octanol–water partition coefficient (Wildman–Crippen LogP) is 4.67. The standard InChI is InChI=1S/C15H21BrClNO/c1-4-12(5-2)18(10-9-16)15(19)13-8-6-7-11(3)14(13)17/h6-8,12H,4-5,9-10H2,1-3H3. The van der Waals surface area contributed by atoms with E-state index in [0.29, 0.717) is 17.1 Å². The number of amides is 1. The van der Waals surface area contributed by atoms with Gasteiger partial charge in [0.2, 0.25) is 0 Å². The van der Waals surface area contributed by atoms with Crippen molar-refractivity contribution in [2.45, 2.75) is 39.7 Å². The summed E-state index contributed by atoms with van der Waals surface area (Å²) in [5, 5.41) is 1.34. The molecule has 0 fully saturated rings. The fourth-order valence-corrected chi connectivity index (χ4v) is 2.83. The zero-order chi connectivity index (χ0) is 14.4. The van der Waals surface area contributed by atoms with Crippen molar-refractivity contribution in [3.8, 4) is 0 Å². The van der Waals surface area contributed by atoms with Gasteiger partial charge < -0.3 is 4.90 Å². The molecule has 0 aliphatic rings. The van der Waals surface area contributed by atoms with Gasteiger partial charge in [-0.3, -0.25) is 4.79 Å². The van der Waals surface area contributed by atoms with Crippen LogP contribution in [-0.2, 0) is 0 Å². The fourth-order valence-electron chi connectivity index (χ4n) is 2.24. The van der Waals surface area contributed by atoms with Crippen molar-refractivity contribution in [2.24, 2.45) is 0 Å². The highest BCUT2D eigenvalue weighted by molar-refractivity contribution is 9.09. The van der Waals surface area contributed by atoms with E-state index in [9.17, 15) is 4.79 Å². The summed E-state index contributed by atoms with van der Waals surface area (Å²) >= 11 is 9.69. The maximum atomic E-state index is 12.7. The molecule has 0 unspecified atom stereocenters. The van der Waals surface area contributed by atoms with Gasteiger partial charge in [-0.25, -0.2) is 0 Å². The first-order valence-electron chi connectivity index (χ1n) is 6.68. The van der Waals surface area contributed by atoms with E-state index in [2.05, 4.69) is 29.8 Å². The molecule has 0 radical (unpaired) electrons. The highest BCUT2D eigenvalue weighted by atomic mass is 79.9. The quantitative estimate of drug-likeness (QED) is 0.685. The van der Waals surface area contributed by atoms with Crippen molar-refractivity contribution in [3.05, 3.63) is 34.3 Å². The number of nitrogens with zero attached hydrogens (tertiary/aromatic N) is 1. The summed E-state index contributed by atoms with van der Waals surface area (Å²) < 4.78 is 0. The Labute approximate surface area is 129 Å². The molecule has 0 heterocycles. The van der Waals surface area contributed by atoms with Crippen LogP contribution in [0.15, 0.2) is 18.2 Å². The second-order valence-corrected chi connectivity index (χ2v) is 5.77. The Morgan fingerprint density at radius 3 is 2.53 bits per heavy atom. The SMILES string of the molecule is CCC(CC)N(CCBr)C(=O)c1cccc(C)c1Cl. The van der Waals surface area contributed by atoms with E-state index in [1.807, 2.05) is 24.0 Å². The van der Waals surface area contributed by atoms with Gasteiger partial charge in [0, 0.05) is 17.9 Å². The molecule has 0 aliphatic heterocycles. The number of rotatable bonds is 6. The highest BCUT2D eigenvalue weighted by Crippen LogP contribution is 2.23. The van der Waals surface area contributed by atoms with E-state index in [1.54, 1.807) is 6.07 Å². The first kappa shape index (κ1) is 16.5. The zero-order valence-electron chi connectivity index (χ0n) is 11.7. The monoisotopic (exact) mass is 345 g/mol. The maximum Gasteiger partial charge on any atom is 0.255 e. The van der Waals surface area contributed by atoms with Crippen LogP contribution < -0.4 is 0 Å². The minimum absolute atomic E-state index is 0.0295. The summed E-state index contributed by atoms with van der Waals surface area (Å²) in [6.45, 7) is 6.85. The fraction of sp³-hybridized carbons (Fsp3) is 0.533.